The average Bonchev–Trinajstić information content (AvgIpc) is 3.15. The Labute approximate surface area is 104 Å². The molecule has 1 aliphatic carbocycles. The first kappa shape index (κ1) is 13.3. The first-order valence-electron chi connectivity index (χ1n) is 6.63. The first-order chi connectivity index (χ1) is 8.16. The molecule has 0 aromatic heterocycles. The highest BCUT2D eigenvalue weighted by Crippen LogP contribution is 2.31. The minimum absolute atomic E-state index is 0.244. The van der Waals surface area contributed by atoms with E-state index in [4.69, 9.17) is 5.73 Å². The zero-order valence-electron chi connectivity index (χ0n) is 10.3. The molecule has 2 aliphatic rings. The fourth-order valence-corrected chi connectivity index (χ4v) is 4.30. The van der Waals surface area contributed by atoms with Gasteiger partial charge >= 0.3 is 0 Å². The number of piperidine rings is 1. The SMILES string of the molecule is NCCCN(C1CC1)S(=O)(=O)N1CCCCC1. The lowest BCUT2D eigenvalue weighted by Gasteiger charge is -2.32. The Morgan fingerprint density at radius 1 is 1.18 bits per heavy atom. The Hall–Kier alpha value is -0.170. The summed E-state index contributed by atoms with van der Waals surface area (Å²) >= 11 is 0. The van der Waals surface area contributed by atoms with E-state index in [0.29, 0.717) is 26.2 Å². The minimum atomic E-state index is -3.22. The standard InChI is InChI=1S/C11H23N3O2S/c12-7-4-10-14(11-5-6-11)17(15,16)13-8-2-1-3-9-13/h11H,1-10,12H2. The monoisotopic (exact) mass is 261 g/mol. The van der Waals surface area contributed by atoms with Crippen molar-refractivity contribution in [2.75, 3.05) is 26.2 Å². The van der Waals surface area contributed by atoms with E-state index < -0.39 is 10.2 Å². The minimum Gasteiger partial charge on any atom is -0.330 e. The van der Waals surface area contributed by atoms with Crippen LogP contribution in [0.3, 0.4) is 0 Å². The van der Waals surface area contributed by atoms with Crippen LogP contribution in [0, 0.1) is 0 Å². The number of nitrogens with two attached hydrogens (primary N) is 1. The number of rotatable bonds is 6. The van der Waals surface area contributed by atoms with E-state index in [0.717, 1.165) is 38.5 Å². The lowest BCUT2D eigenvalue weighted by molar-refractivity contribution is 0.298. The maximum absolute atomic E-state index is 12.5. The van der Waals surface area contributed by atoms with Crippen LogP contribution in [0.15, 0.2) is 0 Å². The maximum atomic E-state index is 12.5. The molecule has 2 N–H and O–H groups in total. The molecule has 17 heavy (non-hydrogen) atoms. The molecule has 0 aromatic rings. The van der Waals surface area contributed by atoms with Crippen molar-refractivity contribution in [3.05, 3.63) is 0 Å². The van der Waals surface area contributed by atoms with Crippen LogP contribution in [0.2, 0.25) is 0 Å². The Kier molecular flexibility index (Phi) is 4.41. The van der Waals surface area contributed by atoms with E-state index in [1.165, 1.54) is 0 Å². The molecule has 0 radical (unpaired) electrons. The molecule has 0 spiro atoms. The molecule has 0 atom stereocenters. The zero-order chi connectivity index (χ0) is 12.3. The molecule has 5 nitrogen and oxygen atoms in total. The van der Waals surface area contributed by atoms with E-state index in [-0.39, 0.29) is 6.04 Å². The Bertz CT molecular complexity index is 335. The molecule has 1 heterocycles. The molecule has 1 saturated heterocycles. The van der Waals surface area contributed by atoms with E-state index in [2.05, 4.69) is 0 Å². The second-order valence-corrected chi connectivity index (χ2v) is 6.83. The summed E-state index contributed by atoms with van der Waals surface area (Å²) in [5, 5.41) is 0. The Balaban J connectivity index is 2.04. The van der Waals surface area contributed by atoms with Gasteiger partial charge in [0.25, 0.3) is 10.2 Å². The Morgan fingerprint density at radius 3 is 2.35 bits per heavy atom. The topological polar surface area (TPSA) is 66.6 Å². The van der Waals surface area contributed by atoms with Gasteiger partial charge in [-0.3, -0.25) is 0 Å². The summed E-state index contributed by atoms with van der Waals surface area (Å²) < 4.78 is 28.3. The van der Waals surface area contributed by atoms with Crippen molar-refractivity contribution in [3.8, 4) is 0 Å². The molecule has 0 bridgehead atoms. The van der Waals surface area contributed by atoms with Gasteiger partial charge in [-0.2, -0.15) is 17.0 Å². The van der Waals surface area contributed by atoms with Crippen LogP contribution in [0.5, 0.6) is 0 Å². The molecular formula is C11H23N3O2S. The van der Waals surface area contributed by atoms with Crippen LogP contribution in [0.25, 0.3) is 0 Å². The summed E-state index contributed by atoms with van der Waals surface area (Å²) in [4.78, 5) is 0. The summed E-state index contributed by atoms with van der Waals surface area (Å²) in [6.07, 6.45) is 5.92. The van der Waals surface area contributed by atoms with Crippen LogP contribution in [-0.2, 0) is 10.2 Å². The largest absolute Gasteiger partial charge is 0.330 e. The predicted octanol–water partition coefficient (Wildman–Crippen LogP) is 0.530. The number of hydrogen-bond acceptors (Lipinski definition) is 3. The van der Waals surface area contributed by atoms with E-state index in [9.17, 15) is 8.42 Å². The molecule has 6 heteroatoms. The summed E-state index contributed by atoms with van der Waals surface area (Å²) in [6.45, 7) is 2.51. The quantitative estimate of drug-likeness (QED) is 0.758. The van der Waals surface area contributed by atoms with Gasteiger partial charge in [0.1, 0.15) is 0 Å². The van der Waals surface area contributed by atoms with Gasteiger partial charge in [-0.05, 0) is 38.6 Å². The van der Waals surface area contributed by atoms with Crippen molar-refractivity contribution >= 4 is 10.2 Å². The summed E-state index contributed by atoms with van der Waals surface area (Å²) in [7, 11) is -3.22. The normalized spacial score (nSPS) is 23.2. The van der Waals surface area contributed by atoms with Crippen molar-refractivity contribution < 1.29 is 8.42 Å². The third kappa shape index (κ3) is 3.19. The zero-order valence-corrected chi connectivity index (χ0v) is 11.2. The molecule has 2 fully saturated rings. The van der Waals surface area contributed by atoms with Crippen LogP contribution < -0.4 is 5.73 Å². The maximum Gasteiger partial charge on any atom is 0.282 e. The molecule has 0 unspecified atom stereocenters. The highest BCUT2D eigenvalue weighted by molar-refractivity contribution is 7.86. The average molecular weight is 261 g/mol. The third-order valence-electron chi connectivity index (χ3n) is 3.47. The van der Waals surface area contributed by atoms with Crippen molar-refractivity contribution in [3.63, 3.8) is 0 Å². The van der Waals surface area contributed by atoms with Gasteiger partial charge in [0, 0.05) is 25.7 Å². The van der Waals surface area contributed by atoms with Gasteiger partial charge < -0.3 is 5.73 Å². The fourth-order valence-electron chi connectivity index (χ4n) is 2.34. The lowest BCUT2D eigenvalue weighted by Crippen LogP contribution is -2.47. The molecular weight excluding hydrogens is 238 g/mol. The summed E-state index contributed by atoms with van der Waals surface area (Å²) in [6, 6.07) is 0.244. The lowest BCUT2D eigenvalue weighted by atomic mass is 10.2. The molecule has 1 aliphatic heterocycles. The van der Waals surface area contributed by atoms with Gasteiger partial charge in [-0.15, -0.1) is 0 Å². The van der Waals surface area contributed by atoms with Gasteiger partial charge in [0.05, 0.1) is 0 Å². The molecule has 100 valence electrons. The van der Waals surface area contributed by atoms with Crippen LogP contribution >= 0.6 is 0 Å². The van der Waals surface area contributed by atoms with Gasteiger partial charge in [-0.25, -0.2) is 0 Å². The van der Waals surface area contributed by atoms with Crippen molar-refractivity contribution in [1.29, 1.82) is 0 Å². The molecule has 2 rings (SSSR count). The first-order valence-corrected chi connectivity index (χ1v) is 8.03. The van der Waals surface area contributed by atoms with Gasteiger partial charge in [0.15, 0.2) is 0 Å². The number of nitrogens with zero attached hydrogens (tertiary/aromatic N) is 2. The van der Waals surface area contributed by atoms with Crippen molar-refractivity contribution in [2.24, 2.45) is 5.73 Å². The van der Waals surface area contributed by atoms with Gasteiger partial charge in [0.2, 0.25) is 0 Å². The third-order valence-corrected chi connectivity index (χ3v) is 5.57. The van der Waals surface area contributed by atoms with E-state index in [1.807, 2.05) is 0 Å². The second-order valence-electron chi connectivity index (χ2n) is 4.95. The summed E-state index contributed by atoms with van der Waals surface area (Å²) in [5.41, 5.74) is 5.48. The van der Waals surface area contributed by atoms with Crippen molar-refractivity contribution in [1.82, 2.24) is 8.61 Å². The van der Waals surface area contributed by atoms with E-state index >= 15 is 0 Å². The van der Waals surface area contributed by atoms with E-state index in [1.54, 1.807) is 8.61 Å². The van der Waals surface area contributed by atoms with Crippen molar-refractivity contribution in [2.45, 2.75) is 44.6 Å². The Morgan fingerprint density at radius 2 is 1.82 bits per heavy atom. The highest BCUT2D eigenvalue weighted by atomic mass is 32.2. The van der Waals surface area contributed by atoms with Crippen LogP contribution in [-0.4, -0.2) is 49.2 Å². The highest BCUT2D eigenvalue weighted by Gasteiger charge is 2.39. The molecule has 1 saturated carbocycles. The summed E-state index contributed by atoms with van der Waals surface area (Å²) in [5.74, 6) is 0. The van der Waals surface area contributed by atoms with Crippen LogP contribution in [0.4, 0.5) is 0 Å². The predicted molar refractivity (Wildman–Crippen MR) is 67.7 cm³/mol. The smallest absolute Gasteiger partial charge is 0.282 e. The molecule has 0 amide bonds. The van der Waals surface area contributed by atoms with Gasteiger partial charge in [-0.1, -0.05) is 6.42 Å². The number of hydrogen-bond donors (Lipinski definition) is 1. The fraction of sp³-hybridized carbons (Fsp3) is 1.00. The van der Waals surface area contributed by atoms with Crippen LogP contribution in [0.1, 0.15) is 38.5 Å². The second kappa shape index (κ2) is 5.65. The molecule has 0 aromatic carbocycles.